The van der Waals surface area contributed by atoms with Gasteiger partial charge in [0.1, 0.15) is 11.4 Å². The SMILES string of the molecule is CCNC(=NCC(C)(O)c1ccco1)NCC(c1ccc(Cl)cc1)N(C)C. The number of nitrogens with one attached hydrogen (secondary N) is 2. The van der Waals surface area contributed by atoms with Crippen LogP contribution in [-0.4, -0.2) is 49.7 Å². The molecule has 2 atom stereocenters. The number of halogens is 1. The van der Waals surface area contributed by atoms with Crippen LogP contribution in [0.3, 0.4) is 0 Å². The van der Waals surface area contributed by atoms with E-state index >= 15 is 0 Å². The summed E-state index contributed by atoms with van der Waals surface area (Å²) < 4.78 is 5.31. The van der Waals surface area contributed by atoms with E-state index in [1.807, 2.05) is 45.3 Å². The molecule has 1 aromatic heterocycles. The Bertz CT molecular complexity index is 712. The number of hydrogen-bond donors (Lipinski definition) is 3. The van der Waals surface area contributed by atoms with Crippen LogP contribution in [0.4, 0.5) is 0 Å². The van der Waals surface area contributed by atoms with Crippen molar-refractivity contribution in [2.75, 3.05) is 33.7 Å². The molecular weight excluding hydrogens is 364 g/mol. The Balaban J connectivity index is 2.06. The minimum atomic E-state index is -1.16. The normalized spacial score (nSPS) is 15.4. The van der Waals surface area contributed by atoms with E-state index in [1.54, 1.807) is 25.3 Å². The molecule has 0 saturated carbocycles. The topological polar surface area (TPSA) is 73.0 Å². The Morgan fingerprint density at radius 3 is 2.52 bits per heavy atom. The van der Waals surface area contributed by atoms with Gasteiger partial charge in [-0.2, -0.15) is 0 Å². The van der Waals surface area contributed by atoms with Crippen LogP contribution < -0.4 is 10.6 Å². The molecule has 0 radical (unpaired) electrons. The van der Waals surface area contributed by atoms with Crippen LogP contribution in [-0.2, 0) is 5.60 Å². The second-order valence-electron chi connectivity index (χ2n) is 6.86. The number of aliphatic imine (C=N–C) groups is 1. The highest BCUT2D eigenvalue weighted by molar-refractivity contribution is 6.30. The van der Waals surface area contributed by atoms with Crippen LogP contribution in [0, 0.1) is 0 Å². The molecule has 0 fully saturated rings. The number of guanidine groups is 1. The first kappa shape index (κ1) is 21.3. The molecule has 1 aromatic carbocycles. The minimum absolute atomic E-state index is 0.150. The summed E-state index contributed by atoms with van der Waals surface area (Å²) in [6.45, 7) is 5.26. The molecule has 2 unspecified atom stereocenters. The maximum atomic E-state index is 10.6. The van der Waals surface area contributed by atoms with Gasteiger partial charge < -0.3 is 25.1 Å². The number of aliphatic hydroxyl groups is 1. The zero-order chi connectivity index (χ0) is 19.9. The maximum absolute atomic E-state index is 10.6. The zero-order valence-electron chi connectivity index (χ0n) is 16.4. The highest BCUT2D eigenvalue weighted by atomic mass is 35.5. The summed E-state index contributed by atoms with van der Waals surface area (Å²) in [6, 6.07) is 11.5. The Morgan fingerprint density at radius 1 is 1.26 bits per heavy atom. The van der Waals surface area contributed by atoms with Gasteiger partial charge in [0.15, 0.2) is 5.96 Å². The fourth-order valence-electron chi connectivity index (χ4n) is 2.71. The molecule has 0 aliphatic carbocycles. The van der Waals surface area contributed by atoms with Crippen molar-refractivity contribution < 1.29 is 9.52 Å². The van der Waals surface area contributed by atoms with Crippen molar-refractivity contribution in [2.24, 2.45) is 4.99 Å². The fraction of sp³-hybridized carbons (Fsp3) is 0.450. The molecule has 3 N–H and O–H groups in total. The summed E-state index contributed by atoms with van der Waals surface area (Å²) >= 11 is 6.00. The Hall–Kier alpha value is -2.02. The Kier molecular flexibility index (Phi) is 7.71. The van der Waals surface area contributed by atoms with Crippen molar-refractivity contribution in [3.63, 3.8) is 0 Å². The number of hydrogen-bond acceptors (Lipinski definition) is 4. The number of furan rings is 1. The molecule has 148 valence electrons. The van der Waals surface area contributed by atoms with Crippen LogP contribution in [0.15, 0.2) is 52.1 Å². The molecule has 0 aliphatic heterocycles. The summed E-state index contributed by atoms with van der Waals surface area (Å²) in [5.41, 5.74) is -0.00137. The van der Waals surface area contributed by atoms with Crippen LogP contribution >= 0.6 is 11.6 Å². The second-order valence-corrected chi connectivity index (χ2v) is 7.29. The summed E-state index contributed by atoms with van der Waals surface area (Å²) in [6.07, 6.45) is 1.55. The van der Waals surface area contributed by atoms with E-state index in [0.717, 1.165) is 17.1 Å². The maximum Gasteiger partial charge on any atom is 0.191 e. The summed E-state index contributed by atoms with van der Waals surface area (Å²) in [5, 5.41) is 17.9. The smallest absolute Gasteiger partial charge is 0.191 e. The first-order valence-electron chi connectivity index (χ1n) is 9.04. The zero-order valence-corrected chi connectivity index (χ0v) is 17.1. The van der Waals surface area contributed by atoms with Gasteiger partial charge in [0, 0.05) is 18.1 Å². The third-order valence-electron chi connectivity index (χ3n) is 4.28. The van der Waals surface area contributed by atoms with Crippen molar-refractivity contribution >= 4 is 17.6 Å². The van der Waals surface area contributed by atoms with Crippen molar-refractivity contribution in [3.8, 4) is 0 Å². The first-order valence-corrected chi connectivity index (χ1v) is 9.41. The van der Waals surface area contributed by atoms with Crippen LogP contribution in [0.25, 0.3) is 0 Å². The predicted octanol–water partition coefficient (Wildman–Crippen LogP) is 3.00. The van der Waals surface area contributed by atoms with Gasteiger partial charge in [-0.25, -0.2) is 4.99 Å². The van der Waals surface area contributed by atoms with Crippen molar-refractivity contribution in [1.82, 2.24) is 15.5 Å². The highest BCUT2D eigenvalue weighted by Gasteiger charge is 2.26. The van der Waals surface area contributed by atoms with Gasteiger partial charge >= 0.3 is 0 Å². The van der Waals surface area contributed by atoms with E-state index < -0.39 is 5.60 Å². The molecular formula is C20H29ClN4O2. The van der Waals surface area contributed by atoms with E-state index in [2.05, 4.69) is 20.5 Å². The van der Waals surface area contributed by atoms with Gasteiger partial charge in [0.25, 0.3) is 0 Å². The summed E-state index contributed by atoms with van der Waals surface area (Å²) in [7, 11) is 4.07. The molecule has 2 aromatic rings. The number of nitrogens with zero attached hydrogens (tertiary/aromatic N) is 2. The fourth-order valence-corrected chi connectivity index (χ4v) is 2.84. The van der Waals surface area contributed by atoms with Crippen molar-refractivity contribution in [2.45, 2.75) is 25.5 Å². The number of rotatable bonds is 8. The van der Waals surface area contributed by atoms with Gasteiger partial charge in [-0.3, -0.25) is 0 Å². The van der Waals surface area contributed by atoms with Gasteiger partial charge in [-0.15, -0.1) is 0 Å². The third-order valence-corrected chi connectivity index (χ3v) is 4.53. The first-order chi connectivity index (χ1) is 12.8. The van der Waals surface area contributed by atoms with E-state index in [1.165, 1.54) is 0 Å². The predicted molar refractivity (Wildman–Crippen MR) is 110 cm³/mol. The second kappa shape index (κ2) is 9.78. The van der Waals surface area contributed by atoms with Gasteiger partial charge in [-0.1, -0.05) is 23.7 Å². The molecule has 0 saturated heterocycles. The van der Waals surface area contributed by atoms with E-state index in [4.69, 9.17) is 16.0 Å². The minimum Gasteiger partial charge on any atom is -0.466 e. The van der Waals surface area contributed by atoms with E-state index in [-0.39, 0.29) is 12.6 Å². The van der Waals surface area contributed by atoms with Gasteiger partial charge in [0.2, 0.25) is 0 Å². The van der Waals surface area contributed by atoms with Crippen molar-refractivity contribution in [3.05, 3.63) is 59.0 Å². The average Bonchev–Trinajstić information content (AvgIpc) is 3.16. The highest BCUT2D eigenvalue weighted by Crippen LogP contribution is 2.22. The number of likely N-dealkylation sites (N-methyl/N-ethyl adjacent to an activating group) is 1. The Morgan fingerprint density at radius 2 is 1.96 bits per heavy atom. The Labute approximate surface area is 166 Å². The quantitative estimate of drug-likeness (QED) is 0.475. The standard InChI is InChI=1S/C20H29ClN4O2/c1-5-22-19(24-14-20(2,26)18-7-6-12-27-18)23-13-17(25(3)4)15-8-10-16(21)11-9-15/h6-12,17,26H,5,13-14H2,1-4H3,(H2,22,23,24). The van der Waals surface area contributed by atoms with Gasteiger partial charge in [0.05, 0.1) is 18.8 Å². The van der Waals surface area contributed by atoms with Crippen LogP contribution in [0.1, 0.15) is 31.2 Å². The monoisotopic (exact) mass is 392 g/mol. The molecule has 27 heavy (non-hydrogen) atoms. The largest absolute Gasteiger partial charge is 0.466 e. The average molecular weight is 393 g/mol. The lowest BCUT2D eigenvalue weighted by molar-refractivity contribution is 0.0437. The van der Waals surface area contributed by atoms with Crippen LogP contribution in [0.5, 0.6) is 0 Å². The lowest BCUT2D eigenvalue weighted by Gasteiger charge is -2.26. The molecule has 0 aliphatic rings. The van der Waals surface area contributed by atoms with E-state index in [0.29, 0.717) is 18.3 Å². The lowest BCUT2D eigenvalue weighted by Crippen LogP contribution is -2.42. The summed E-state index contributed by atoms with van der Waals surface area (Å²) in [4.78, 5) is 6.66. The molecule has 1 heterocycles. The van der Waals surface area contributed by atoms with Crippen molar-refractivity contribution in [1.29, 1.82) is 0 Å². The van der Waals surface area contributed by atoms with E-state index in [9.17, 15) is 5.11 Å². The molecule has 0 spiro atoms. The molecule has 0 amide bonds. The molecule has 7 heteroatoms. The summed E-state index contributed by atoms with van der Waals surface area (Å²) in [5.74, 6) is 1.14. The van der Waals surface area contributed by atoms with Crippen LogP contribution in [0.2, 0.25) is 5.02 Å². The lowest BCUT2D eigenvalue weighted by atomic mass is 10.0. The molecule has 6 nitrogen and oxygen atoms in total. The third kappa shape index (κ3) is 6.27. The van der Waals surface area contributed by atoms with Gasteiger partial charge in [-0.05, 0) is 57.8 Å². The number of benzene rings is 1. The molecule has 2 rings (SSSR count). The molecule has 0 bridgehead atoms.